The van der Waals surface area contributed by atoms with Crippen LogP contribution in [0.15, 0.2) is 146 Å². The maximum atomic E-state index is 12.8. The molecular weight excluding hydrogens is 853 g/mol. The van der Waals surface area contributed by atoms with Crippen LogP contribution in [0, 0.1) is 0 Å². The third-order valence-corrected chi connectivity index (χ3v) is 10.8. The van der Waals surface area contributed by atoms with Gasteiger partial charge in [0.1, 0.15) is 13.2 Å². The van der Waals surface area contributed by atoms with E-state index >= 15 is 0 Å². The number of hydrogen-bond donors (Lipinski definition) is 0. The Bertz CT molecular complexity index is 1560. The predicted molar refractivity (Wildman–Crippen MR) is 297 cm³/mol. The molecule has 0 N–H and O–H groups in total. The van der Waals surface area contributed by atoms with Crippen LogP contribution in [0.2, 0.25) is 0 Å². The largest absolute Gasteiger partial charge is 0.462 e. The van der Waals surface area contributed by atoms with E-state index in [0.717, 1.165) is 109 Å². The average molecular weight is 951 g/mol. The van der Waals surface area contributed by atoms with E-state index in [4.69, 9.17) is 14.2 Å². The van der Waals surface area contributed by atoms with Crippen LogP contribution in [-0.2, 0) is 28.6 Å². The van der Waals surface area contributed by atoms with E-state index < -0.39 is 6.10 Å². The third kappa shape index (κ3) is 54.1. The van der Waals surface area contributed by atoms with Crippen molar-refractivity contribution in [2.45, 2.75) is 219 Å². The zero-order valence-electron chi connectivity index (χ0n) is 44.0. The van der Waals surface area contributed by atoms with Crippen molar-refractivity contribution in [3.8, 4) is 0 Å². The van der Waals surface area contributed by atoms with E-state index in [1.165, 1.54) is 51.4 Å². The van der Waals surface area contributed by atoms with Crippen molar-refractivity contribution in [3.63, 3.8) is 0 Å². The molecule has 0 spiro atoms. The Morgan fingerprint density at radius 2 is 0.580 bits per heavy atom. The van der Waals surface area contributed by atoms with Crippen molar-refractivity contribution in [1.82, 2.24) is 0 Å². The summed E-state index contributed by atoms with van der Waals surface area (Å²) in [5.41, 5.74) is 0. The second-order valence-electron chi connectivity index (χ2n) is 17.4. The molecule has 0 rings (SSSR count). The van der Waals surface area contributed by atoms with Gasteiger partial charge < -0.3 is 14.2 Å². The van der Waals surface area contributed by atoms with Gasteiger partial charge in [0.05, 0.1) is 0 Å². The van der Waals surface area contributed by atoms with Gasteiger partial charge in [-0.15, -0.1) is 0 Å². The molecule has 69 heavy (non-hydrogen) atoms. The Balaban J connectivity index is 4.61. The molecule has 0 radical (unpaired) electrons. The molecule has 0 aromatic rings. The molecule has 0 unspecified atom stereocenters. The van der Waals surface area contributed by atoms with Crippen LogP contribution >= 0.6 is 0 Å². The van der Waals surface area contributed by atoms with Crippen LogP contribution in [0.5, 0.6) is 0 Å². The summed E-state index contributed by atoms with van der Waals surface area (Å²) in [6.07, 6.45) is 79.8. The highest BCUT2D eigenvalue weighted by atomic mass is 16.6. The van der Waals surface area contributed by atoms with Crippen molar-refractivity contribution in [2.75, 3.05) is 13.2 Å². The number of ether oxygens (including phenoxy) is 3. The predicted octanol–water partition coefficient (Wildman–Crippen LogP) is 18.4. The number of unbranched alkanes of at least 4 members (excludes halogenated alkanes) is 12. The van der Waals surface area contributed by atoms with E-state index in [2.05, 4.69) is 167 Å². The Kier molecular flexibility index (Phi) is 52.1. The standard InChI is InChI=1S/C63H98O6/c1-4-7-10-13-16-19-22-25-28-31-34-37-40-43-46-49-52-55-61(64)67-58-60(69-63(66)57-54-51-48-45-42-39-36-33-30-27-24-21-18-15-12-9-6-3)59-68-62(65)56-53-50-47-44-41-38-35-32-29-26-23-20-17-14-11-8-5-2/h7,9-10,12,16-21,25-30,34,36-37,39,43,45-46,48,60H,4-6,8,11,13-15,22-24,31-33,35,38,40-42,44,47,49-59H2,1-3H3/b10-7+,12-9+,19-16+,20-17+,21-18+,28-25+,29-26+,30-27+,37-34+,39-36+,46-43+,48-45+/t60-/m0/s1. The first kappa shape index (κ1) is 64.3. The summed E-state index contributed by atoms with van der Waals surface area (Å²) in [5, 5.41) is 0. The fourth-order valence-electron chi connectivity index (χ4n) is 6.78. The molecule has 0 saturated heterocycles. The number of allylic oxidation sites excluding steroid dienone is 24. The topological polar surface area (TPSA) is 78.9 Å². The van der Waals surface area contributed by atoms with Crippen molar-refractivity contribution < 1.29 is 28.6 Å². The van der Waals surface area contributed by atoms with Crippen LogP contribution in [0.3, 0.4) is 0 Å². The summed E-state index contributed by atoms with van der Waals surface area (Å²) in [6.45, 7) is 6.26. The van der Waals surface area contributed by atoms with E-state index in [1.807, 2.05) is 0 Å². The highest BCUT2D eigenvalue weighted by Crippen LogP contribution is 2.12. The van der Waals surface area contributed by atoms with E-state index in [-0.39, 0.29) is 44.0 Å². The van der Waals surface area contributed by atoms with Crippen molar-refractivity contribution in [1.29, 1.82) is 0 Å². The Morgan fingerprint density at radius 1 is 0.304 bits per heavy atom. The molecule has 0 amide bonds. The van der Waals surface area contributed by atoms with E-state index in [1.54, 1.807) is 0 Å². The number of carbonyl (C=O) groups is 3. The maximum Gasteiger partial charge on any atom is 0.306 e. The minimum Gasteiger partial charge on any atom is -0.462 e. The first-order valence-electron chi connectivity index (χ1n) is 27.3. The first-order chi connectivity index (χ1) is 34.0. The Morgan fingerprint density at radius 3 is 0.942 bits per heavy atom. The van der Waals surface area contributed by atoms with Gasteiger partial charge in [-0.2, -0.15) is 0 Å². The highest BCUT2D eigenvalue weighted by Gasteiger charge is 2.19. The minimum absolute atomic E-state index is 0.129. The lowest BCUT2D eigenvalue weighted by Gasteiger charge is -2.18. The summed E-state index contributed by atoms with van der Waals surface area (Å²) in [4.78, 5) is 38.1. The number of esters is 3. The summed E-state index contributed by atoms with van der Waals surface area (Å²) in [5.74, 6) is -1.06. The lowest BCUT2D eigenvalue weighted by molar-refractivity contribution is -0.167. The number of carbonyl (C=O) groups excluding carboxylic acids is 3. The molecule has 6 nitrogen and oxygen atoms in total. The van der Waals surface area contributed by atoms with Gasteiger partial charge in [-0.1, -0.05) is 212 Å². The highest BCUT2D eigenvalue weighted by molar-refractivity contribution is 5.71. The molecule has 6 heteroatoms. The summed E-state index contributed by atoms with van der Waals surface area (Å²) < 4.78 is 16.7. The number of rotatable bonds is 47. The third-order valence-electron chi connectivity index (χ3n) is 10.8. The fourth-order valence-corrected chi connectivity index (χ4v) is 6.78. The normalized spacial score (nSPS) is 13.3. The van der Waals surface area contributed by atoms with Crippen molar-refractivity contribution in [2.24, 2.45) is 0 Å². The summed E-state index contributed by atoms with van der Waals surface area (Å²) in [6, 6.07) is 0. The second kappa shape index (κ2) is 55.9. The molecule has 0 fully saturated rings. The minimum atomic E-state index is -0.841. The lowest BCUT2D eigenvalue weighted by Crippen LogP contribution is -2.30. The molecule has 0 aliphatic rings. The zero-order valence-corrected chi connectivity index (χ0v) is 44.0. The molecule has 0 bridgehead atoms. The Hall–Kier alpha value is -4.71. The van der Waals surface area contributed by atoms with Gasteiger partial charge in [-0.3, -0.25) is 14.4 Å². The SMILES string of the molecule is CC/C=C/C/C=C/C/C=C/C/C=C/C/C=C/CCCC(=O)OC[C@@H](COC(=O)CCCCCCCCC/C=C/C/C=C/CCCCC)OC(=O)CCC/C=C/C/C=C/C/C=C/C/C=C/C/C=C/CC. The molecule has 386 valence electrons. The van der Waals surface area contributed by atoms with Gasteiger partial charge in [0, 0.05) is 19.3 Å². The van der Waals surface area contributed by atoms with Crippen LogP contribution in [0.1, 0.15) is 213 Å². The van der Waals surface area contributed by atoms with E-state index in [0.29, 0.717) is 19.3 Å². The summed E-state index contributed by atoms with van der Waals surface area (Å²) >= 11 is 0. The molecule has 0 aromatic heterocycles. The van der Waals surface area contributed by atoms with Gasteiger partial charge in [-0.05, 0) is 128 Å². The van der Waals surface area contributed by atoms with Gasteiger partial charge >= 0.3 is 17.9 Å². The van der Waals surface area contributed by atoms with Gasteiger partial charge in [-0.25, -0.2) is 0 Å². The van der Waals surface area contributed by atoms with Crippen LogP contribution < -0.4 is 0 Å². The quantitative estimate of drug-likeness (QED) is 0.0262. The smallest absolute Gasteiger partial charge is 0.306 e. The van der Waals surface area contributed by atoms with Gasteiger partial charge in [0.2, 0.25) is 0 Å². The molecule has 0 aromatic carbocycles. The average Bonchev–Trinajstić information content (AvgIpc) is 3.35. The maximum absolute atomic E-state index is 12.8. The van der Waals surface area contributed by atoms with Gasteiger partial charge in [0.25, 0.3) is 0 Å². The van der Waals surface area contributed by atoms with Crippen LogP contribution in [0.25, 0.3) is 0 Å². The molecule has 0 aliphatic carbocycles. The summed E-state index contributed by atoms with van der Waals surface area (Å²) in [7, 11) is 0. The molecular formula is C63H98O6. The Labute approximate surface area is 423 Å². The molecule has 0 aliphatic heterocycles. The van der Waals surface area contributed by atoms with Crippen molar-refractivity contribution >= 4 is 17.9 Å². The fraction of sp³-hybridized carbons (Fsp3) is 0.571. The zero-order chi connectivity index (χ0) is 50.0. The first-order valence-corrected chi connectivity index (χ1v) is 27.3. The van der Waals surface area contributed by atoms with E-state index in [9.17, 15) is 14.4 Å². The monoisotopic (exact) mass is 951 g/mol. The molecule has 1 atom stereocenters. The van der Waals surface area contributed by atoms with Crippen molar-refractivity contribution in [3.05, 3.63) is 146 Å². The molecule has 0 saturated carbocycles. The van der Waals surface area contributed by atoms with Crippen LogP contribution in [0.4, 0.5) is 0 Å². The number of hydrogen-bond acceptors (Lipinski definition) is 6. The van der Waals surface area contributed by atoms with Crippen LogP contribution in [-0.4, -0.2) is 37.2 Å². The second-order valence-corrected chi connectivity index (χ2v) is 17.4. The van der Waals surface area contributed by atoms with Gasteiger partial charge in [0.15, 0.2) is 6.10 Å². The lowest BCUT2D eigenvalue weighted by atomic mass is 10.1. The molecule has 0 heterocycles.